The van der Waals surface area contributed by atoms with Gasteiger partial charge in [-0.25, -0.2) is 4.98 Å². The van der Waals surface area contributed by atoms with Crippen LogP contribution in [0.4, 0.5) is 5.13 Å². The summed E-state index contributed by atoms with van der Waals surface area (Å²) in [6, 6.07) is 0.578. The molecule has 90 valence electrons. The van der Waals surface area contributed by atoms with Crippen molar-refractivity contribution in [3.05, 3.63) is 5.82 Å². The molecule has 0 bridgehead atoms. The van der Waals surface area contributed by atoms with Gasteiger partial charge in [-0.1, -0.05) is 6.92 Å². The van der Waals surface area contributed by atoms with Crippen LogP contribution in [0.5, 0.6) is 0 Å². The van der Waals surface area contributed by atoms with Crippen molar-refractivity contribution >= 4 is 16.7 Å². The molecular weight excluding hydrogens is 222 g/mol. The van der Waals surface area contributed by atoms with Crippen LogP contribution in [-0.4, -0.2) is 33.7 Å². The van der Waals surface area contributed by atoms with E-state index in [1.54, 1.807) is 0 Å². The highest BCUT2D eigenvalue weighted by Gasteiger charge is 2.26. The molecule has 1 aromatic heterocycles. The number of aliphatic hydroxyl groups is 1. The van der Waals surface area contributed by atoms with Crippen molar-refractivity contribution in [3.63, 3.8) is 0 Å². The van der Waals surface area contributed by atoms with Gasteiger partial charge in [-0.05, 0) is 25.7 Å². The Morgan fingerprint density at radius 1 is 1.50 bits per heavy atom. The molecule has 0 aromatic carbocycles. The van der Waals surface area contributed by atoms with E-state index in [4.69, 9.17) is 5.11 Å². The Balaban J connectivity index is 2.04. The van der Waals surface area contributed by atoms with E-state index in [0.29, 0.717) is 12.6 Å². The van der Waals surface area contributed by atoms with E-state index in [0.717, 1.165) is 23.8 Å². The highest BCUT2D eigenvalue weighted by Crippen LogP contribution is 2.30. The molecule has 0 unspecified atom stereocenters. The molecule has 1 aliphatic rings. The van der Waals surface area contributed by atoms with Crippen molar-refractivity contribution < 1.29 is 5.11 Å². The molecule has 4 nitrogen and oxygen atoms in total. The number of hydrogen-bond acceptors (Lipinski definition) is 5. The van der Waals surface area contributed by atoms with Crippen molar-refractivity contribution in [2.45, 2.75) is 45.1 Å². The summed E-state index contributed by atoms with van der Waals surface area (Å²) in [7, 11) is 0. The highest BCUT2D eigenvalue weighted by atomic mass is 32.1. The van der Waals surface area contributed by atoms with Crippen molar-refractivity contribution in [2.24, 2.45) is 0 Å². The minimum Gasteiger partial charge on any atom is -0.395 e. The first kappa shape index (κ1) is 11.8. The van der Waals surface area contributed by atoms with Crippen LogP contribution in [0, 0.1) is 0 Å². The Morgan fingerprint density at radius 3 is 2.88 bits per heavy atom. The predicted molar refractivity (Wildman–Crippen MR) is 66.0 cm³/mol. The van der Waals surface area contributed by atoms with Gasteiger partial charge in [0, 0.05) is 30.5 Å². The lowest BCUT2D eigenvalue weighted by molar-refractivity contribution is 0.283. The smallest absolute Gasteiger partial charge is 0.205 e. The maximum absolute atomic E-state index is 9.09. The van der Waals surface area contributed by atoms with Gasteiger partial charge in [-0.2, -0.15) is 4.37 Å². The van der Waals surface area contributed by atoms with Crippen molar-refractivity contribution in [1.82, 2.24) is 9.36 Å². The van der Waals surface area contributed by atoms with E-state index in [1.165, 1.54) is 30.8 Å². The number of anilines is 1. The Bertz CT molecular complexity index is 325. The second kappa shape index (κ2) is 5.59. The fourth-order valence-corrected chi connectivity index (χ4v) is 2.74. The lowest BCUT2D eigenvalue weighted by atomic mass is 9.92. The number of nitrogens with zero attached hydrogens (tertiary/aromatic N) is 3. The molecule has 5 heteroatoms. The van der Waals surface area contributed by atoms with Crippen LogP contribution >= 0.6 is 11.5 Å². The van der Waals surface area contributed by atoms with Gasteiger partial charge in [0.05, 0.1) is 6.61 Å². The second-order valence-electron chi connectivity index (χ2n) is 4.24. The molecule has 2 rings (SSSR count). The summed E-state index contributed by atoms with van der Waals surface area (Å²) in [4.78, 5) is 6.77. The first-order chi connectivity index (χ1) is 7.85. The normalized spacial score (nSPS) is 16.1. The molecule has 0 atom stereocenters. The number of aromatic nitrogens is 2. The standard InChI is InChI=1S/C11H19N3OS/c1-2-4-10-12-11(16-13-10)14(7-8-15)9-5-3-6-9/h9,15H,2-8H2,1H3. The zero-order valence-corrected chi connectivity index (χ0v) is 10.5. The van der Waals surface area contributed by atoms with E-state index in [1.807, 2.05) is 0 Å². The third-order valence-electron chi connectivity index (χ3n) is 3.03. The average molecular weight is 241 g/mol. The van der Waals surface area contributed by atoms with Crippen molar-refractivity contribution in [3.8, 4) is 0 Å². The summed E-state index contributed by atoms with van der Waals surface area (Å²) in [5.74, 6) is 0.949. The van der Waals surface area contributed by atoms with E-state index in [9.17, 15) is 0 Å². The van der Waals surface area contributed by atoms with Crippen LogP contribution in [0.2, 0.25) is 0 Å². The molecule has 16 heavy (non-hydrogen) atoms. The molecule has 0 amide bonds. The fourth-order valence-electron chi connectivity index (χ4n) is 1.93. The quantitative estimate of drug-likeness (QED) is 0.825. The van der Waals surface area contributed by atoms with Crippen molar-refractivity contribution in [1.29, 1.82) is 0 Å². The Labute approximate surface area is 100 Å². The van der Waals surface area contributed by atoms with E-state index in [2.05, 4.69) is 21.2 Å². The van der Waals surface area contributed by atoms with Gasteiger partial charge >= 0.3 is 0 Å². The van der Waals surface area contributed by atoms with Gasteiger partial charge in [0.25, 0.3) is 0 Å². The van der Waals surface area contributed by atoms with E-state index < -0.39 is 0 Å². The topological polar surface area (TPSA) is 49.2 Å². The number of aryl methyl sites for hydroxylation is 1. The van der Waals surface area contributed by atoms with Crippen LogP contribution in [0.25, 0.3) is 0 Å². The lowest BCUT2D eigenvalue weighted by Gasteiger charge is -2.36. The molecule has 0 spiro atoms. The molecule has 1 heterocycles. The summed E-state index contributed by atoms with van der Waals surface area (Å²) in [5.41, 5.74) is 0. The predicted octanol–water partition coefficient (Wildman–Crippen LogP) is 1.84. The Hall–Kier alpha value is -0.680. The maximum Gasteiger partial charge on any atom is 0.205 e. The van der Waals surface area contributed by atoms with Crippen LogP contribution in [0.3, 0.4) is 0 Å². The summed E-state index contributed by atoms with van der Waals surface area (Å²) in [5, 5.41) is 10.1. The van der Waals surface area contributed by atoms with Crippen LogP contribution in [-0.2, 0) is 6.42 Å². The summed E-state index contributed by atoms with van der Waals surface area (Å²) < 4.78 is 4.36. The largest absolute Gasteiger partial charge is 0.395 e. The minimum absolute atomic E-state index is 0.194. The van der Waals surface area contributed by atoms with E-state index in [-0.39, 0.29) is 6.61 Å². The van der Waals surface area contributed by atoms with Crippen LogP contribution in [0.1, 0.15) is 38.4 Å². The minimum atomic E-state index is 0.194. The fraction of sp³-hybridized carbons (Fsp3) is 0.818. The van der Waals surface area contributed by atoms with Crippen LogP contribution < -0.4 is 4.90 Å². The van der Waals surface area contributed by atoms with Gasteiger partial charge < -0.3 is 10.0 Å². The van der Waals surface area contributed by atoms with Crippen LogP contribution in [0.15, 0.2) is 0 Å². The second-order valence-corrected chi connectivity index (χ2v) is 4.98. The van der Waals surface area contributed by atoms with Crippen molar-refractivity contribution in [2.75, 3.05) is 18.1 Å². The molecule has 1 N–H and O–H groups in total. The number of rotatable bonds is 6. The van der Waals surface area contributed by atoms with Gasteiger partial charge in [0.15, 0.2) is 0 Å². The third kappa shape index (κ3) is 2.52. The van der Waals surface area contributed by atoms with E-state index >= 15 is 0 Å². The summed E-state index contributed by atoms with van der Waals surface area (Å²) in [6.07, 6.45) is 5.78. The molecule has 1 saturated carbocycles. The maximum atomic E-state index is 9.09. The number of hydrogen-bond donors (Lipinski definition) is 1. The first-order valence-corrected chi connectivity index (χ1v) is 6.82. The van der Waals surface area contributed by atoms with Gasteiger partial charge in [-0.3, -0.25) is 0 Å². The summed E-state index contributed by atoms with van der Waals surface area (Å²) >= 11 is 1.47. The molecule has 1 aromatic rings. The monoisotopic (exact) mass is 241 g/mol. The lowest BCUT2D eigenvalue weighted by Crippen LogP contribution is -2.41. The SMILES string of the molecule is CCCc1nsc(N(CCO)C2CCC2)n1. The summed E-state index contributed by atoms with van der Waals surface area (Å²) in [6.45, 7) is 3.02. The highest BCUT2D eigenvalue weighted by molar-refractivity contribution is 7.09. The molecule has 0 radical (unpaired) electrons. The van der Waals surface area contributed by atoms with Gasteiger partial charge in [0.2, 0.25) is 5.13 Å². The molecule has 0 saturated heterocycles. The Kier molecular flexibility index (Phi) is 4.12. The zero-order valence-electron chi connectivity index (χ0n) is 9.72. The van der Waals surface area contributed by atoms with Gasteiger partial charge in [0.1, 0.15) is 5.82 Å². The molecule has 0 aliphatic heterocycles. The average Bonchev–Trinajstić information content (AvgIpc) is 2.63. The molecule has 1 fully saturated rings. The Morgan fingerprint density at radius 2 is 2.31 bits per heavy atom. The molecular formula is C11H19N3OS. The molecule has 1 aliphatic carbocycles. The first-order valence-electron chi connectivity index (χ1n) is 6.05. The third-order valence-corrected chi connectivity index (χ3v) is 3.82. The zero-order chi connectivity index (χ0) is 11.4. The number of aliphatic hydroxyl groups excluding tert-OH is 1. The van der Waals surface area contributed by atoms with Gasteiger partial charge in [-0.15, -0.1) is 0 Å².